The quantitative estimate of drug-likeness (QED) is 0.453. The van der Waals surface area contributed by atoms with Gasteiger partial charge in [-0.05, 0) is 57.1 Å². The van der Waals surface area contributed by atoms with Crippen LogP contribution in [-0.4, -0.2) is 30.3 Å². The van der Waals surface area contributed by atoms with E-state index in [-0.39, 0.29) is 5.56 Å². The van der Waals surface area contributed by atoms with E-state index < -0.39 is 11.7 Å². The minimum Gasteiger partial charge on any atom is -0.492 e. The molecule has 32 heavy (non-hydrogen) atoms. The molecular weight excluding hydrogens is 429 g/mol. The van der Waals surface area contributed by atoms with Gasteiger partial charge in [-0.15, -0.1) is 0 Å². The first kappa shape index (κ1) is 23.8. The molecule has 1 aliphatic rings. The Labute approximate surface area is 193 Å². The van der Waals surface area contributed by atoms with Gasteiger partial charge in [-0.2, -0.15) is 0 Å². The first-order valence-corrected chi connectivity index (χ1v) is 11.5. The van der Waals surface area contributed by atoms with Crippen molar-refractivity contribution in [1.29, 1.82) is 0 Å². The number of carbonyl (C=O) groups excluding carboxylic acids is 1. The van der Waals surface area contributed by atoms with E-state index in [0.29, 0.717) is 47.2 Å². The Balaban J connectivity index is 1.82. The van der Waals surface area contributed by atoms with E-state index in [0.717, 1.165) is 12.8 Å². The highest BCUT2D eigenvalue weighted by Crippen LogP contribution is 2.37. The summed E-state index contributed by atoms with van der Waals surface area (Å²) in [5, 5.41) is 9.92. The van der Waals surface area contributed by atoms with Gasteiger partial charge in [0.15, 0.2) is 5.11 Å². The molecule has 0 radical (unpaired) electrons. The smallest absolute Gasteiger partial charge is 0.255 e. The molecular formula is C24H30FN3O3S. The number of anilines is 2. The second-order valence-electron chi connectivity index (χ2n) is 7.61. The Kier molecular flexibility index (Phi) is 8.67. The highest BCUT2D eigenvalue weighted by atomic mass is 32.1. The fraction of sp³-hybridized carbons (Fsp3) is 0.417. The summed E-state index contributed by atoms with van der Waals surface area (Å²) in [5.74, 6) is 0.0706. The molecule has 0 bridgehead atoms. The van der Waals surface area contributed by atoms with E-state index in [4.69, 9.17) is 21.7 Å². The molecule has 8 heteroatoms. The molecule has 0 atom stereocenters. The molecule has 3 rings (SSSR count). The number of halogens is 1. The van der Waals surface area contributed by atoms with Gasteiger partial charge in [-0.25, -0.2) is 4.39 Å². The van der Waals surface area contributed by atoms with Gasteiger partial charge < -0.3 is 25.4 Å². The van der Waals surface area contributed by atoms with Gasteiger partial charge in [0.25, 0.3) is 5.91 Å². The Morgan fingerprint density at radius 2 is 1.62 bits per heavy atom. The molecule has 1 amide bonds. The number of thiocarbonyl (C=S) groups is 1. The minimum atomic E-state index is -0.476. The maximum atomic E-state index is 13.5. The standard InChI is InChI=1S/C24H30FN3O3S/c1-3-30-21-15-20(28-24(32)26-18-11-6-5-7-12-18)22(31-4-2)14-19(21)27-23(29)16-9-8-10-17(25)13-16/h8-10,13-15,18H,3-7,11-12H2,1-2H3,(H,27,29)(H2,26,28,32). The Morgan fingerprint density at radius 1 is 1.00 bits per heavy atom. The lowest BCUT2D eigenvalue weighted by Crippen LogP contribution is -2.38. The Bertz CT molecular complexity index is 948. The normalized spacial score (nSPS) is 13.8. The molecule has 172 valence electrons. The zero-order chi connectivity index (χ0) is 22.9. The van der Waals surface area contributed by atoms with Gasteiger partial charge in [0.1, 0.15) is 17.3 Å². The molecule has 0 unspecified atom stereocenters. The van der Waals surface area contributed by atoms with Crippen molar-refractivity contribution in [3.63, 3.8) is 0 Å². The topological polar surface area (TPSA) is 71.6 Å². The van der Waals surface area contributed by atoms with Crippen molar-refractivity contribution >= 4 is 34.6 Å². The number of rotatable bonds is 8. The van der Waals surface area contributed by atoms with E-state index >= 15 is 0 Å². The fourth-order valence-corrected chi connectivity index (χ4v) is 4.00. The second-order valence-corrected chi connectivity index (χ2v) is 8.02. The molecule has 6 nitrogen and oxygen atoms in total. The van der Waals surface area contributed by atoms with Crippen molar-refractivity contribution in [3.8, 4) is 11.5 Å². The Morgan fingerprint density at radius 3 is 2.22 bits per heavy atom. The third kappa shape index (κ3) is 6.56. The van der Waals surface area contributed by atoms with Crippen LogP contribution in [0.4, 0.5) is 15.8 Å². The van der Waals surface area contributed by atoms with Crippen LogP contribution < -0.4 is 25.4 Å². The second kappa shape index (κ2) is 11.7. The zero-order valence-electron chi connectivity index (χ0n) is 18.5. The van der Waals surface area contributed by atoms with Gasteiger partial charge in [-0.3, -0.25) is 4.79 Å². The highest BCUT2D eigenvalue weighted by molar-refractivity contribution is 7.80. The molecule has 1 fully saturated rings. The van der Waals surface area contributed by atoms with Crippen LogP contribution in [0.2, 0.25) is 0 Å². The van der Waals surface area contributed by atoms with Crippen LogP contribution in [-0.2, 0) is 0 Å². The lowest BCUT2D eigenvalue weighted by molar-refractivity contribution is 0.102. The monoisotopic (exact) mass is 459 g/mol. The van der Waals surface area contributed by atoms with Crippen molar-refractivity contribution in [2.45, 2.75) is 52.0 Å². The SMILES string of the molecule is CCOc1cc(NC(=S)NC2CCCCC2)c(OCC)cc1NC(=O)c1cccc(F)c1. The molecule has 2 aromatic rings. The summed E-state index contributed by atoms with van der Waals surface area (Å²) in [7, 11) is 0. The van der Waals surface area contributed by atoms with Crippen LogP contribution in [0.15, 0.2) is 36.4 Å². The van der Waals surface area contributed by atoms with Crippen molar-refractivity contribution in [2.24, 2.45) is 0 Å². The van der Waals surface area contributed by atoms with E-state index in [1.165, 1.54) is 37.5 Å². The summed E-state index contributed by atoms with van der Waals surface area (Å²) in [6.45, 7) is 4.57. The summed E-state index contributed by atoms with van der Waals surface area (Å²) in [4.78, 5) is 12.7. The number of ether oxygens (including phenoxy) is 2. The van der Waals surface area contributed by atoms with Gasteiger partial charge in [0.2, 0.25) is 0 Å². The predicted molar refractivity (Wildman–Crippen MR) is 129 cm³/mol. The number of amides is 1. The van der Waals surface area contributed by atoms with Crippen molar-refractivity contribution in [2.75, 3.05) is 23.8 Å². The highest BCUT2D eigenvalue weighted by Gasteiger charge is 2.18. The summed E-state index contributed by atoms with van der Waals surface area (Å²) >= 11 is 5.52. The largest absolute Gasteiger partial charge is 0.492 e. The molecule has 0 spiro atoms. The van der Waals surface area contributed by atoms with Crippen LogP contribution in [0.3, 0.4) is 0 Å². The number of nitrogens with one attached hydrogen (secondary N) is 3. The molecule has 0 aliphatic heterocycles. The molecule has 0 aromatic heterocycles. The van der Waals surface area contributed by atoms with Crippen LogP contribution in [0.1, 0.15) is 56.3 Å². The lowest BCUT2D eigenvalue weighted by atomic mass is 9.96. The summed E-state index contributed by atoms with van der Waals surface area (Å²) < 4.78 is 25.1. The number of benzene rings is 2. The summed E-state index contributed by atoms with van der Waals surface area (Å²) in [5.41, 5.74) is 1.29. The predicted octanol–water partition coefficient (Wildman–Crippen LogP) is 5.49. The van der Waals surface area contributed by atoms with Gasteiger partial charge in [-0.1, -0.05) is 25.3 Å². The summed E-state index contributed by atoms with van der Waals surface area (Å²) in [6.07, 6.45) is 5.90. The number of carbonyl (C=O) groups is 1. The average molecular weight is 460 g/mol. The van der Waals surface area contributed by atoms with Gasteiger partial charge >= 0.3 is 0 Å². The maximum Gasteiger partial charge on any atom is 0.255 e. The fourth-order valence-electron chi connectivity index (χ4n) is 3.72. The molecule has 3 N–H and O–H groups in total. The van der Waals surface area contributed by atoms with Crippen molar-refractivity contribution < 1.29 is 18.7 Å². The zero-order valence-corrected chi connectivity index (χ0v) is 19.3. The summed E-state index contributed by atoms with van der Waals surface area (Å²) in [6, 6.07) is 9.34. The molecule has 2 aromatic carbocycles. The molecule has 1 aliphatic carbocycles. The average Bonchev–Trinajstić information content (AvgIpc) is 2.77. The third-order valence-electron chi connectivity index (χ3n) is 5.21. The van der Waals surface area contributed by atoms with Crippen LogP contribution in [0.25, 0.3) is 0 Å². The molecule has 1 saturated carbocycles. The van der Waals surface area contributed by atoms with E-state index in [1.807, 2.05) is 13.8 Å². The maximum absolute atomic E-state index is 13.5. The van der Waals surface area contributed by atoms with Crippen LogP contribution in [0.5, 0.6) is 11.5 Å². The van der Waals surface area contributed by atoms with Crippen molar-refractivity contribution in [3.05, 3.63) is 47.8 Å². The molecule has 0 heterocycles. The third-order valence-corrected chi connectivity index (χ3v) is 5.42. The van der Waals surface area contributed by atoms with Crippen molar-refractivity contribution in [1.82, 2.24) is 5.32 Å². The van der Waals surface area contributed by atoms with Crippen LogP contribution in [0, 0.1) is 5.82 Å². The first-order chi connectivity index (χ1) is 15.5. The molecule has 0 saturated heterocycles. The van der Waals surface area contributed by atoms with E-state index in [2.05, 4.69) is 16.0 Å². The Hall–Kier alpha value is -2.87. The number of hydrogen-bond donors (Lipinski definition) is 3. The van der Waals surface area contributed by atoms with Gasteiger partial charge in [0, 0.05) is 23.7 Å². The first-order valence-electron chi connectivity index (χ1n) is 11.1. The van der Waals surface area contributed by atoms with E-state index in [9.17, 15) is 9.18 Å². The minimum absolute atomic E-state index is 0.213. The lowest BCUT2D eigenvalue weighted by Gasteiger charge is -2.25. The van der Waals surface area contributed by atoms with E-state index in [1.54, 1.807) is 18.2 Å². The number of hydrogen-bond acceptors (Lipinski definition) is 4. The van der Waals surface area contributed by atoms with Gasteiger partial charge in [0.05, 0.1) is 24.6 Å². The van der Waals surface area contributed by atoms with Crippen LogP contribution >= 0.6 is 12.2 Å².